The third-order valence-electron chi connectivity index (χ3n) is 2.48. The summed E-state index contributed by atoms with van der Waals surface area (Å²) in [5.41, 5.74) is 0.857. The Balaban J connectivity index is 2.80. The average molecular weight is 275 g/mol. The first kappa shape index (κ1) is 14.7. The van der Waals surface area contributed by atoms with E-state index in [1.807, 2.05) is 0 Å². The molecular weight excluding hydrogens is 258 g/mol. The number of rotatable bonds is 6. The number of hydrogen-bond donors (Lipinski definition) is 3. The van der Waals surface area contributed by atoms with Gasteiger partial charge in [-0.1, -0.05) is 0 Å². The number of aromatic nitrogens is 2. The lowest BCUT2D eigenvalue weighted by Gasteiger charge is -2.13. The number of aromatic amines is 1. The lowest BCUT2D eigenvalue weighted by Crippen LogP contribution is -2.33. The summed E-state index contributed by atoms with van der Waals surface area (Å²) in [6, 6.07) is -0.445. The van der Waals surface area contributed by atoms with Crippen LogP contribution in [0.15, 0.2) is 4.90 Å². The van der Waals surface area contributed by atoms with E-state index in [1.54, 1.807) is 20.8 Å². The van der Waals surface area contributed by atoms with Crippen molar-refractivity contribution in [2.45, 2.75) is 44.6 Å². The summed E-state index contributed by atoms with van der Waals surface area (Å²) in [6.07, 6.45) is 0.164. The Bertz CT molecular complexity index is 516. The molecule has 0 bridgehead atoms. The van der Waals surface area contributed by atoms with Crippen molar-refractivity contribution < 1.29 is 18.3 Å². The molecule has 1 atom stereocenters. The molecular formula is C10H17N3O4S. The van der Waals surface area contributed by atoms with Gasteiger partial charge in [-0.15, -0.1) is 0 Å². The molecule has 1 aromatic rings. The molecule has 0 saturated carbocycles. The molecule has 18 heavy (non-hydrogen) atoms. The molecule has 1 unspecified atom stereocenters. The first-order valence-electron chi connectivity index (χ1n) is 5.49. The summed E-state index contributed by atoms with van der Waals surface area (Å²) in [7, 11) is -3.66. The summed E-state index contributed by atoms with van der Waals surface area (Å²) < 4.78 is 26.6. The van der Waals surface area contributed by atoms with Gasteiger partial charge < -0.3 is 5.11 Å². The molecule has 1 heterocycles. The largest absolute Gasteiger partial charge is 0.481 e. The predicted molar refractivity (Wildman–Crippen MR) is 64.7 cm³/mol. The van der Waals surface area contributed by atoms with E-state index in [2.05, 4.69) is 14.9 Å². The van der Waals surface area contributed by atoms with Crippen LogP contribution < -0.4 is 4.72 Å². The van der Waals surface area contributed by atoms with Crippen molar-refractivity contribution in [2.75, 3.05) is 0 Å². The number of carboxylic acids is 1. The Kier molecular flexibility index (Phi) is 4.47. The molecule has 0 amide bonds. The standard InChI is InChI=1S/C10H17N3O4S/c1-6(4-5-9(14)15)13-18(16,17)10-7(2)11-12-8(10)3/h6,13H,4-5H2,1-3H3,(H,11,12)(H,14,15). The Hall–Kier alpha value is -1.41. The topological polar surface area (TPSA) is 112 Å². The van der Waals surface area contributed by atoms with Crippen LogP contribution in [0.1, 0.15) is 31.2 Å². The van der Waals surface area contributed by atoms with Crippen LogP contribution in [0, 0.1) is 13.8 Å². The van der Waals surface area contributed by atoms with Crippen molar-refractivity contribution in [3.8, 4) is 0 Å². The fourth-order valence-corrected chi connectivity index (χ4v) is 3.31. The monoisotopic (exact) mass is 275 g/mol. The number of aryl methyl sites for hydroxylation is 2. The van der Waals surface area contributed by atoms with E-state index < -0.39 is 22.0 Å². The molecule has 0 fully saturated rings. The normalized spacial score (nSPS) is 13.5. The van der Waals surface area contributed by atoms with Crippen LogP contribution >= 0.6 is 0 Å². The van der Waals surface area contributed by atoms with Gasteiger partial charge in [0.2, 0.25) is 10.0 Å². The van der Waals surface area contributed by atoms with E-state index in [4.69, 9.17) is 5.11 Å². The first-order valence-corrected chi connectivity index (χ1v) is 6.98. The first-order chi connectivity index (χ1) is 8.24. The smallest absolute Gasteiger partial charge is 0.303 e. The number of nitrogens with one attached hydrogen (secondary N) is 2. The van der Waals surface area contributed by atoms with Gasteiger partial charge in [-0.05, 0) is 27.2 Å². The maximum absolute atomic E-state index is 12.1. The lowest BCUT2D eigenvalue weighted by molar-refractivity contribution is -0.137. The second-order valence-electron chi connectivity index (χ2n) is 4.22. The van der Waals surface area contributed by atoms with Crippen molar-refractivity contribution in [1.82, 2.24) is 14.9 Å². The zero-order valence-corrected chi connectivity index (χ0v) is 11.3. The minimum absolute atomic E-state index is 0.0764. The fourth-order valence-electron chi connectivity index (χ4n) is 1.66. The van der Waals surface area contributed by atoms with Crippen LogP contribution in [0.4, 0.5) is 0 Å². The van der Waals surface area contributed by atoms with Gasteiger partial charge in [-0.25, -0.2) is 13.1 Å². The maximum Gasteiger partial charge on any atom is 0.303 e. The fraction of sp³-hybridized carbons (Fsp3) is 0.600. The highest BCUT2D eigenvalue weighted by Gasteiger charge is 2.24. The molecule has 0 aliphatic carbocycles. The SMILES string of the molecule is Cc1n[nH]c(C)c1S(=O)(=O)NC(C)CCC(=O)O. The van der Waals surface area contributed by atoms with Gasteiger partial charge in [0, 0.05) is 12.5 Å². The van der Waals surface area contributed by atoms with E-state index in [0.29, 0.717) is 11.4 Å². The quantitative estimate of drug-likeness (QED) is 0.702. The number of sulfonamides is 1. The molecule has 0 aromatic carbocycles. The van der Waals surface area contributed by atoms with Crippen LogP contribution in [0.2, 0.25) is 0 Å². The molecule has 0 aliphatic heterocycles. The molecule has 0 saturated heterocycles. The van der Waals surface area contributed by atoms with Gasteiger partial charge in [-0.2, -0.15) is 5.10 Å². The Morgan fingerprint density at radius 3 is 2.56 bits per heavy atom. The minimum atomic E-state index is -3.66. The van der Waals surface area contributed by atoms with E-state index in [0.717, 1.165) is 0 Å². The molecule has 0 radical (unpaired) electrons. The van der Waals surface area contributed by atoms with Crippen LogP contribution in [0.3, 0.4) is 0 Å². The second kappa shape index (κ2) is 5.49. The lowest BCUT2D eigenvalue weighted by atomic mass is 10.2. The molecule has 1 aromatic heterocycles. The Morgan fingerprint density at radius 1 is 1.50 bits per heavy atom. The highest BCUT2D eigenvalue weighted by Crippen LogP contribution is 2.17. The van der Waals surface area contributed by atoms with Gasteiger partial charge in [-0.3, -0.25) is 9.89 Å². The minimum Gasteiger partial charge on any atom is -0.481 e. The van der Waals surface area contributed by atoms with Gasteiger partial charge in [0.25, 0.3) is 0 Å². The third-order valence-corrected chi connectivity index (χ3v) is 4.33. The number of H-pyrrole nitrogens is 1. The molecule has 102 valence electrons. The number of nitrogens with zero attached hydrogens (tertiary/aromatic N) is 1. The van der Waals surface area contributed by atoms with Gasteiger partial charge in [0.05, 0.1) is 11.4 Å². The van der Waals surface area contributed by atoms with Crippen LogP contribution in [0.25, 0.3) is 0 Å². The van der Waals surface area contributed by atoms with Gasteiger partial charge in [0.1, 0.15) is 4.90 Å². The van der Waals surface area contributed by atoms with Crippen molar-refractivity contribution in [1.29, 1.82) is 0 Å². The van der Waals surface area contributed by atoms with E-state index in [1.165, 1.54) is 0 Å². The average Bonchev–Trinajstić information content (AvgIpc) is 2.55. The second-order valence-corrected chi connectivity index (χ2v) is 5.87. The summed E-state index contributed by atoms with van der Waals surface area (Å²) >= 11 is 0. The summed E-state index contributed by atoms with van der Waals surface area (Å²) in [6.45, 7) is 4.85. The maximum atomic E-state index is 12.1. The molecule has 0 spiro atoms. The highest BCUT2D eigenvalue weighted by molar-refractivity contribution is 7.89. The number of carboxylic acid groups (broad SMARTS) is 1. The Labute approximate surface area is 106 Å². The van der Waals surface area contributed by atoms with Crippen molar-refractivity contribution in [3.63, 3.8) is 0 Å². The van der Waals surface area contributed by atoms with E-state index >= 15 is 0 Å². The van der Waals surface area contributed by atoms with Crippen LogP contribution in [-0.4, -0.2) is 35.7 Å². The van der Waals surface area contributed by atoms with Crippen molar-refractivity contribution in [3.05, 3.63) is 11.4 Å². The number of hydrogen-bond acceptors (Lipinski definition) is 4. The summed E-state index contributed by atoms with van der Waals surface area (Å²) in [5.74, 6) is -0.947. The zero-order valence-electron chi connectivity index (χ0n) is 10.5. The third kappa shape index (κ3) is 3.54. The molecule has 0 aliphatic rings. The van der Waals surface area contributed by atoms with E-state index in [9.17, 15) is 13.2 Å². The van der Waals surface area contributed by atoms with Crippen molar-refractivity contribution >= 4 is 16.0 Å². The molecule has 1 rings (SSSR count). The predicted octanol–water partition coefficient (Wildman–Crippen LogP) is 0.558. The Morgan fingerprint density at radius 2 is 2.11 bits per heavy atom. The van der Waals surface area contributed by atoms with Gasteiger partial charge >= 0.3 is 5.97 Å². The zero-order chi connectivity index (χ0) is 13.9. The molecule has 8 heteroatoms. The highest BCUT2D eigenvalue weighted by atomic mass is 32.2. The summed E-state index contributed by atoms with van der Waals surface area (Å²) in [5, 5.41) is 15.0. The summed E-state index contributed by atoms with van der Waals surface area (Å²) in [4.78, 5) is 10.5. The van der Waals surface area contributed by atoms with Crippen LogP contribution in [-0.2, 0) is 14.8 Å². The van der Waals surface area contributed by atoms with E-state index in [-0.39, 0.29) is 17.7 Å². The van der Waals surface area contributed by atoms with Gasteiger partial charge in [0.15, 0.2) is 0 Å². The van der Waals surface area contributed by atoms with Crippen molar-refractivity contribution in [2.24, 2.45) is 0 Å². The number of aliphatic carboxylic acids is 1. The molecule has 3 N–H and O–H groups in total. The van der Waals surface area contributed by atoms with Crippen LogP contribution in [0.5, 0.6) is 0 Å². The number of carbonyl (C=O) groups is 1. The molecule has 7 nitrogen and oxygen atoms in total.